The van der Waals surface area contributed by atoms with Gasteiger partial charge in [-0.1, -0.05) is 30.4 Å². The van der Waals surface area contributed by atoms with Gasteiger partial charge in [0.05, 0.1) is 24.5 Å². The standard InChI is InChI=1S/C50H52F2N12O6/c1-31(33-5-7-40(51)8-6-33)58-46(65)39-22-61(23-39)44-42-19-36(24-63(42)56-29-54-44)35-12-16-60(17-13-35)49(68)70-26-38-18-32(4-9-41(38)52)21-53-47(66)50(2)27-62(28-50)45-43-20-37(25-64(43)57-30-55-45)34-10-14-59(15-11-34)48(67)69-3/h4-10,12,18-20,24-25,29-31,39H,11,13-17,21-23,26-28H2,1-3H3,(H,53,66)(H,58,65)/t31-/m0/s1. The van der Waals surface area contributed by atoms with Gasteiger partial charge in [0.2, 0.25) is 11.8 Å². The number of nitrogens with one attached hydrogen (secondary N) is 2. The molecule has 6 aromatic rings. The van der Waals surface area contributed by atoms with Crippen LogP contribution in [-0.4, -0.2) is 122 Å². The number of anilines is 2. The minimum atomic E-state index is -0.693. The summed E-state index contributed by atoms with van der Waals surface area (Å²) in [6.45, 7) is 7.22. The lowest BCUT2D eigenvalue weighted by atomic mass is 9.81. The molecule has 4 amide bonds. The Morgan fingerprint density at radius 3 is 1.99 bits per heavy atom. The van der Waals surface area contributed by atoms with Gasteiger partial charge in [0.25, 0.3) is 0 Å². The van der Waals surface area contributed by atoms with Crippen LogP contribution in [0.25, 0.3) is 22.2 Å². The Hall–Kier alpha value is -7.90. The average Bonchev–Trinajstić information content (AvgIpc) is 4.00. The minimum absolute atomic E-state index is 0.0711. The van der Waals surface area contributed by atoms with Crippen molar-refractivity contribution in [1.29, 1.82) is 0 Å². The van der Waals surface area contributed by atoms with Gasteiger partial charge in [-0.2, -0.15) is 10.2 Å². The smallest absolute Gasteiger partial charge is 0.410 e. The maximum Gasteiger partial charge on any atom is 0.410 e. The molecule has 0 unspecified atom stereocenters. The van der Waals surface area contributed by atoms with E-state index in [1.807, 2.05) is 60.3 Å². The average molecular weight is 955 g/mol. The van der Waals surface area contributed by atoms with Gasteiger partial charge in [-0.25, -0.2) is 37.4 Å². The van der Waals surface area contributed by atoms with E-state index < -0.39 is 17.3 Å². The molecule has 4 aliphatic rings. The quantitative estimate of drug-likeness (QED) is 0.151. The summed E-state index contributed by atoms with van der Waals surface area (Å²) in [6.07, 6.45) is 11.2. The van der Waals surface area contributed by atoms with Gasteiger partial charge in [-0.15, -0.1) is 0 Å². The second-order valence-electron chi connectivity index (χ2n) is 18.6. The topological polar surface area (TPSA) is 184 Å². The van der Waals surface area contributed by atoms with E-state index in [2.05, 4.69) is 30.8 Å². The van der Waals surface area contributed by atoms with Crippen LogP contribution in [0.5, 0.6) is 0 Å². The molecule has 2 fully saturated rings. The Morgan fingerprint density at radius 1 is 0.800 bits per heavy atom. The van der Waals surface area contributed by atoms with Crippen molar-refractivity contribution in [3.05, 3.63) is 131 Å². The lowest BCUT2D eigenvalue weighted by Crippen LogP contribution is -2.62. The second-order valence-corrected chi connectivity index (χ2v) is 18.6. The van der Waals surface area contributed by atoms with Crippen molar-refractivity contribution in [2.24, 2.45) is 11.3 Å². The number of hydrogen-bond donors (Lipinski definition) is 2. The molecule has 0 radical (unpaired) electrons. The van der Waals surface area contributed by atoms with E-state index in [1.165, 1.54) is 38.0 Å². The van der Waals surface area contributed by atoms with Crippen molar-refractivity contribution < 1.29 is 37.4 Å². The maximum atomic E-state index is 15.0. The summed E-state index contributed by atoms with van der Waals surface area (Å²) in [6, 6.07) is 14.4. The number of ether oxygens (including phenoxy) is 2. The van der Waals surface area contributed by atoms with Crippen LogP contribution in [0.1, 0.15) is 60.5 Å². The number of amides is 4. The fourth-order valence-electron chi connectivity index (χ4n) is 9.54. The monoisotopic (exact) mass is 954 g/mol. The summed E-state index contributed by atoms with van der Waals surface area (Å²) >= 11 is 0. The highest BCUT2D eigenvalue weighted by Crippen LogP contribution is 2.37. The van der Waals surface area contributed by atoms with Gasteiger partial charge in [0.1, 0.15) is 41.9 Å². The zero-order valence-electron chi connectivity index (χ0n) is 39.0. The largest absolute Gasteiger partial charge is 0.453 e. The third-order valence-electron chi connectivity index (χ3n) is 13.7. The number of halogens is 2. The van der Waals surface area contributed by atoms with Crippen LogP contribution < -0.4 is 20.4 Å². The molecule has 10 rings (SSSR count). The third-order valence-corrected chi connectivity index (χ3v) is 13.7. The van der Waals surface area contributed by atoms with E-state index in [0.717, 1.165) is 50.5 Å². The van der Waals surface area contributed by atoms with E-state index in [1.54, 1.807) is 43.1 Å². The highest BCUT2D eigenvalue weighted by Gasteiger charge is 2.46. The first-order valence-electron chi connectivity index (χ1n) is 23.2. The second kappa shape index (κ2) is 18.9. The van der Waals surface area contributed by atoms with E-state index in [9.17, 15) is 23.6 Å². The lowest BCUT2D eigenvalue weighted by Gasteiger charge is -2.47. The molecule has 0 bridgehead atoms. The Bertz CT molecular complexity index is 3070. The number of benzene rings is 2. The van der Waals surface area contributed by atoms with Crippen molar-refractivity contribution >= 4 is 57.8 Å². The molecule has 8 heterocycles. The first-order chi connectivity index (χ1) is 33.8. The van der Waals surface area contributed by atoms with E-state index in [4.69, 9.17) is 9.47 Å². The highest BCUT2D eigenvalue weighted by molar-refractivity contribution is 5.88. The number of carbonyl (C=O) groups is 4. The lowest BCUT2D eigenvalue weighted by molar-refractivity contribution is -0.131. The molecular weight excluding hydrogens is 903 g/mol. The third kappa shape index (κ3) is 9.19. The Morgan fingerprint density at radius 2 is 1.40 bits per heavy atom. The van der Waals surface area contributed by atoms with Crippen LogP contribution in [0, 0.1) is 23.0 Å². The summed E-state index contributed by atoms with van der Waals surface area (Å²) in [4.78, 5) is 68.1. The van der Waals surface area contributed by atoms with E-state index in [-0.39, 0.29) is 54.4 Å². The van der Waals surface area contributed by atoms with Crippen molar-refractivity contribution in [3.63, 3.8) is 0 Å². The fourth-order valence-corrected chi connectivity index (χ4v) is 9.54. The first-order valence-corrected chi connectivity index (χ1v) is 23.2. The van der Waals surface area contributed by atoms with Crippen LogP contribution in [0.3, 0.4) is 0 Å². The van der Waals surface area contributed by atoms with Crippen molar-refractivity contribution in [1.82, 2.24) is 49.6 Å². The van der Waals surface area contributed by atoms with Crippen molar-refractivity contribution in [2.45, 2.75) is 45.9 Å². The van der Waals surface area contributed by atoms with E-state index in [0.29, 0.717) is 70.8 Å². The minimum Gasteiger partial charge on any atom is -0.453 e. The van der Waals surface area contributed by atoms with Crippen molar-refractivity contribution in [3.8, 4) is 0 Å². The maximum absolute atomic E-state index is 15.0. The van der Waals surface area contributed by atoms with E-state index >= 15 is 4.39 Å². The molecule has 0 saturated carbocycles. The molecule has 20 heteroatoms. The summed E-state index contributed by atoms with van der Waals surface area (Å²) in [5.41, 5.74) is 6.68. The summed E-state index contributed by atoms with van der Waals surface area (Å²) < 4.78 is 42.4. The predicted molar refractivity (Wildman–Crippen MR) is 254 cm³/mol. The van der Waals surface area contributed by atoms with Gasteiger partial charge in [0.15, 0.2) is 11.6 Å². The summed E-state index contributed by atoms with van der Waals surface area (Å²) in [7, 11) is 1.37. The predicted octanol–water partition coefficient (Wildman–Crippen LogP) is 5.79. The molecule has 70 heavy (non-hydrogen) atoms. The molecule has 0 aliphatic carbocycles. The molecule has 362 valence electrons. The molecule has 0 spiro atoms. The summed E-state index contributed by atoms with van der Waals surface area (Å²) in [5.74, 6) is 0.157. The molecule has 4 aliphatic heterocycles. The molecule has 1 atom stereocenters. The molecule has 2 saturated heterocycles. The van der Waals surface area contributed by atoms with Crippen LogP contribution in [0.4, 0.5) is 30.0 Å². The van der Waals surface area contributed by atoms with Gasteiger partial charge in [0, 0.05) is 76.9 Å². The number of nitrogens with zero attached hydrogens (tertiary/aromatic N) is 10. The molecule has 2 N–H and O–H groups in total. The van der Waals surface area contributed by atoms with Crippen LogP contribution in [0.15, 0.2) is 91.8 Å². The molecule has 18 nitrogen and oxygen atoms in total. The number of hydrogen-bond acceptors (Lipinski definition) is 12. The molecule has 2 aromatic carbocycles. The van der Waals surface area contributed by atoms with Crippen LogP contribution >= 0.6 is 0 Å². The first kappa shape index (κ1) is 45.9. The molecule has 4 aromatic heterocycles. The van der Waals surface area contributed by atoms with Gasteiger partial charge in [-0.3, -0.25) is 9.59 Å². The highest BCUT2D eigenvalue weighted by atomic mass is 19.1. The summed E-state index contributed by atoms with van der Waals surface area (Å²) in [5, 5.41) is 14.9. The number of methoxy groups -OCH3 is 1. The number of carbonyl (C=O) groups excluding carboxylic acids is 4. The van der Waals surface area contributed by atoms with Crippen LogP contribution in [-0.2, 0) is 32.2 Å². The fraction of sp³-hybridized carbons (Fsp3) is 0.360. The van der Waals surface area contributed by atoms with Gasteiger partial charge < -0.3 is 39.7 Å². The van der Waals surface area contributed by atoms with Crippen LogP contribution in [0.2, 0.25) is 0 Å². The van der Waals surface area contributed by atoms with Gasteiger partial charge in [-0.05, 0) is 96.5 Å². The molecular formula is C50H52F2N12O6. The Labute approximate surface area is 401 Å². The zero-order valence-corrected chi connectivity index (χ0v) is 39.0. The number of aromatic nitrogens is 6. The Balaban J connectivity index is 0.691. The normalized spacial score (nSPS) is 17.3. The Kier molecular flexibility index (Phi) is 12.4. The zero-order chi connectivity index (χ0) is 48.7. The number of rotatable bonds is 12. The van der Waals surface area contributed by atoms with Crippen molar-refractivity contribution in [2.75, 3.05) is 69.3 Å². The van der Waals surface area contributed by atoms with Gasteiger partial charge >= 0.3 is 12.2 Å². The number of fused-ring (bicyclic) bond motifs is 2. The SMILES string of the molecule is COC(=O)N1CC=C(c2cc3c(N4CC(C)(C(=O)NCc5ccc(F)c(COC(=O)N6CC=C(c7cc8c(N9CC(C(=O)N[C@@H](C)c%10ccc(F)cc%10)C9)ncnn8c7)CC6)c5)C4)ncnn3c2)CC1.